The maximum atomic E-state index is 12.5. The molecule has 2 unspecified atom stereocenters. The van der Waals surface area contributed by atoms with Crippen LogP contribution in [0.1, 0.15) is 19.4 Å². The first-order valence-electron chi connectivity index (χ1n) is 7.55. The number of para-hydroxylation sites is 2. The van der Waals surface area contributed by atoms with Crippen LogP contribution in [0, 0.1) is 0 Å². The van der Waals surface area contributed by atoms with Gasteiger partial charge in [0.2, 0.25) is 5.91 Å². The Kier molecular flexibility index (Phi) is 6.35. The molecule has 0 fully saturated rings. The van der Waals surface area contributed by atoms with E-state index in [1.165, 1.54) is 0 Å². The third kappa shape index (κ3) is 4.93. The van der Waals surface area contributed by atoms with Gasteiger partial charge in [0.15, 0.2) is 0 Å². The van der Waals surface area contributed by atoms with E-state index in [2.05, 4.69) is 5.32 Å². The van der Waals surface area contributed by atoms with E-state index in [9.17, 15) is 9.00 Å². The number of anilines is 1. The Balaban J connectivity index is 2.01. The molecule has 0 radical (unpaired) electrons. The van der Waals surface area contributed by atoms with Crippen molar-refractivity contribution < 1.29 is 13.7 Å². The smallest absolute Gasteiger partial charge is 0.239 e. The molecular weight excluding hydrogens is 310 g/mol. The van der Waals surface area contributed by atoms with Crippen LogP contribution in [0.2, 0.25) is 0 Å². The minimum absolute atomic E-state index is 0.247. The Hall–Kier alpha value is -2.14. The van der Waals surface area contributed by atoms with Crippen LogP contribution in [0.5, 0.6) is 5.75 Å². The van der Waals surface area contributed by atoms with Crippen molar-refractivity contribution >= 4 is 22.4 Å². The summed E-state index contributed by atoms with van der Waals surface area (Å²) in [4.78, 5) is 12.2. The third-order valence-electron chi connectivity index (χ3n) is 3.38. The number of nitrogens with one attached hydrogen (secondary N) is 1. The highest BCUT2D eigenvalue weighted by Crippen LogP contribution is 2.21. The lowest BCUT2D eigenvalue weighted by atomic mass is 10.2. The fraction of sp³-hybridized carbons (Fsp3) is 0.278. The largest absolute Gasteiger partial charge is 0.494 e. The molecule has 2 aromatic carbocycles. The summed E-state index contributed by atoms with van der Waals surface area (Å²) in [5.41, 5.74) is 1.56. The van der Waals surface area contributed by atoms with E-state index in [1.807, 2.05) is 49.4 Å². The van der Waals surface area contributed by atoms with Crippen LogP contribution in [-0.4, -0.2) is 22.0 Å². The van der Waals surface area contributed by atoms with Gasteiger partial charge in [0.05, 0.1) is 12.4 Å². The quantitative estimate of drug-likeness (QED) is 0.846. The number of amides is 1. The van der Waals surface area contributed by atoms with Crippen LogP contribution in [0.4, 0.5) is 5.69 Å². The van der Waals surface area contributed by atoms with E-state index in [1.54, 1.807) is 19.1 Å². The van der Waals surface area contributed by atoms with E-state index in [0.29, 0.717) is 18.0 Å². The Morgan fingerprint density at radius 3 is 2.48 bits per heavy atom. The van der Waals surface area contributed by atoms with Crippen molar-refractivity contribution in [1.82, 2.24) is 0 Å². The molecule has 0 aliphatic heterocycles. The average Bonchev–Trinajstić information content (AvgIpc) is 2.57. The maximum Gasteiger partial charge on any atom is 0.239 e. The molecule has 2 aromatic rings. The zero-order valence-corrected chi connectivity index (χ0v) is 14.1. The summed E-state index contributed by atoms with van der Waals surface area (Å²) in [5, 5.41) is 2.18. The zero-order valence-electron chi connectivity index (χ0n) is 13.3. The molecule has 23 heavy (non-hydrogen) atoms. The number of carbonyl (C=O) groups excluding carboxylic acids is 1. The summed E-state index contributed by atoms with van der Waals surface area (Å²) in [6.45, 7) is 4.13. The van der Waals surface area contributed by atoms with Gasteiger partial charge >= 0.3 is 0 Å². The molecule has 1 N–H and O–H groups in total. The molecule has 0 heterocycles. The average molecular weight is 331 g/mol. The molecule has 0 saturated heterocycles. The Bertz CT molecular complexity index is 673. The number of hydrogen-bond acceptors (Lipinski definition) is 3. The number of ether oxygens (including phenoxy) is 1. The lowest BCUT2D eigenvalue weighted by molar-refractivity contribution is -0.115. The maximum absolute atomic E-state index is 12.5. The van der Waals surface area contributed by atoms with E-state index in [0.717, 1.165) is 11.3 Å². The Morgan fingerprint density at radius 1 is 1.13 bits per heavy atom. The predicted molar refractivity (Wildman–Crippen MR) is 94.0 cm³/mol. The molecule has 2 rings (SSSR count). The van der Waals surface area contributed by atoms with Crippen molar-refractivity contribution in [3.05, 3.63) is 60.2 Å². The van der Waals surface area contributed by atoms with Gasteiger partial charge in [-0.1, -0.05) is 36.4 Å². The molecule has 5 heteroatoms. The molecule has 1 amide bonds. The molecule has 0 aromatic heterocycles. The van der Waals surface area contributed by atoms with Crippen LogP contribution in [0.15, 0.2) is 54.6 Å². The van der Waals surface area contributed by atoms with Crippen molar-refractivity contribution in [2.75, 3.05) is 11.9 Å². The molecule has 0 bridgehead atoms. The van der Waals surface area contributed by atoms with E-state index >= 15 is 0 Å². The Morgan fingerprint density at radius 2 is 1.78 bits per heavy atom. The van der Waals surface area contributed by atoms with Gasteiger partial charge in [0.25, 0.3) is 0 Å². The summed E-state index contributed by atoms with van der Waals surface area (Å²) in [7, 11) is -1.33. The first kappa shape index (κ1) is 17.2. The SMILES string of the molecule is CCOc1ccccc1CS(=O)C(C)C(=O)Nc1ccccc1. The molecule has 4 nitrogen and oxygen atoms in total. The van der Waals surface area contributed by atoms with Gasteiger partial charge in [-0.05, 0) is 32.0 Å². The summed E-state index contributed by atoms with van der Waals surface area (Å²) in [6.07, 6.45) is 0. The van der Waals surface area contributed by atoms with E-state index in [4.69, 9.17) is 4.74 Å². The second-order valence-corrected chi connectivity index (χ2v) is 6.82. The number of hydrogen-bond donors (Lipinski definition) is 1. The normalized spacial score (nSPS) is 13.1. The van der Waals surface area contributed by atoms with Gasteiger partial charge in [-0.3, -0.25) is 9.00 Å². The minimum atomic E-state index is -1.33. The van der Waals surface area contributed by atoms with Gasteiger partial charge in [0.1, 0.15) is 11.0 Å². The van der Waals surface area contributed by atoms with E-state index < -0.39 is 16.0 Å². The molecule has 0 aliphatic carbocycles. The summed E-state index contributed by atoms with van der Waals surface area (Å²) < 4.78 is 18.0. The highest BCUT2D eigenvalue weighted by atomic mass is 32.2. The minimum Gasteiger partial charge on any atom is -0.494 e. The van der Waals surface area contributed by atoms with Crippen LogP contribution in [0.3, 0.4) is 0 Å². The van der Waals surface area contributed by atoms with Crippen molar-refractivity contribution in [2.24, 2.45) is 0 Å². The number of rotatable bonds is 7. The summed E-state index contributed by atoms with van der Waals surface area (Å²) >= 11 is 0. The highest BCUT2D eigenvalue weighted by molar-refractivity contribution is 7.85. The lowest BCUT2D eigenvalue weighted by Crippen LogP contribution is -2.29. The molecule has 0 aliphatic rings. The van der Waals surface area contributed by atoms with Crippen LogP contribution in [0.25, 0.3) is 0 Å². The first-order chi connectivity index (χ1) is 11.1. The van der Waals surface area contributed by atoms with Crippen molar-refractivity contribution in [3.63, 3.8) is 0 Å². The lowest BCUT2D eigenvalue weighted by Gasteiger charge is -2.14. The summed E-state index contributed by atoms with van der Waals surface area (Å²) in [5.74, 6) is 0.766. The predicted octanol–water partition coefficient (Wildman–Crippen LogP) is 3.36. The van der Waals surface area contributed by atoms with Crippen LogP contribution < -0.4 is 10.1 Å². The van der Waals surface area contributed by atoms with Crippen molar-refractivity contribution in [2.45, 2.75) is 24.9 Å². The van der Waals surface area contributed by atoms with Gasteiger partial charge in [-0.2, -0.15) is 0 Å². The monoisotopic (exact) mass is 331 g/mol. The second kappa shape index (κ2) is 8.48. The molecular formula is C18H21NO3S. The topological polar surface area (TPSA) is 55.4 Å². The fourth-order valence-corrected chi connectivity index (χ4v) is 3.18. The highest BCUT2D eigenvalue weighted by Gasteiger charge is 2.21. The zero-order chi connectivity index (χ0) is 16.7. The molecule has 122 valence electrons. The van der Waals surface area contributed by atoms with Gasteiger partial charge in [0, 0.05) is 22.1 Å². The summed E-state index contributed by atoms with van der Waals surface area (Å²) in [6, 6.07) is 16.7. The van der Waals surface area contributed by atoms with Crippen molar-refractivity contribution in [3.8, 4) is 5.75 Å². The molecule has 0 spiro atoms. The molecule has 0 saturated carbocycles. The molecule has 2 atom stereocenters. The number of carbonyl (C=O) groups is 1. The van der Waals surface area contributed by atoms with Gasteiger partial charge in [-0.25, -0.2) is 0 Å². The van der Waals surface area contributed by atoms with Crippen LogP contribution in [-0.2, 0) is 21.3 Å². The first-order valence-corrected chi connectivity index (χ1v) is 8.93. The van der Waals surface area contributed by atoms with Gasteiger partial charge in [-0.15, -0.1) is 0 Å². The van der Waals surface area contributed by atoms with E-state index in [-0.39, 0.29) is 5.91 Å². The van der Waals surface area contributed by atoms with Crippen molar-refractivity contribution in [1.29, 1.82) is 0 Å². The van der Waals surface area contributed by atoms with Crippen LogP contribution >= 0.6 is 0 Å². The second-order valence-electron chi connectivity index (χ2n) is 5.06. The third-order valence-corrected chi connectivity index (χ3v) is 4.97. The standard InChI is InChI=1S/C18H21NO3S/c1-3-22-17-12-8-7-9-15(17)13-23(21)14(2)18(20)19-16-10-5-4-6-11-16/h4-12,14H,3,13H2,1-2H3,(H,19,20). The van der Waals surface area contributed by atoms with Gasteiger partial charge < -0.3 is 10.1 Å². The number of benzene rings is 2. The fourth-order valence-electron chi connectivity index (χ4n) is 2.08. The Labute approximate surface area is 139 Å².